The fourth-order valence-electron chi connectivity index (χ4n) is 3.53. The van der Waals surface area contributed by atoms with Gasteiger partial charge in [-0.15, -0.1) is 0 Å². The molecule has 0 heterocycles. The SMILES string of the molecule is CCCC(C(C)CC)C(C)CCC1(C)CC1C. The van der Waals surface area contributed by atoms with Gasteiger partial charge in [0.05, 0.1) is 0 Å². The van der Waals surface area contributed by atoms with E-state index >= 15 is 0 Å². The Morgan fingerprint density at radius 2 is 1.71 bits per heavy atom. The first kappa shape index (κ1) is 15.1. The molecule has 0 aromatic rings. The lowest BCUT2D eigenvalue weighted by Gasteiger charge is -2.30. The summed E-state index contributed by atoms with van der Waals surface area (Å²) in [7, 11) is 0. The van der Waals surface area contributed by atoms with E-state index in [4.69, 9.17) is 0 Å². The van der Waals surface area contributed by atoms with Gasteiger partial charge >= 0.3 is 0 Å². The van der Waals surface area contributed by atoms with Crippen LogP contribution in [0, 0.1) is 29.1 Å². The molecule has 0 saturated heterocycles. The maximum Gasteiger partial charge on any atom is -0.0297 e. The zero-order chi connectivity index (χ0) is 13.1. The van der Waals surface area contributed by atoms with E-state index in [9.17, 15) is 0 Å². The molecule has 0 N–H and O–H groups in total. The Hall–Kier alpha value is 0. The molecule has 1 aliphatic rings. The van der Waals surface area contributed by atoms with E-state index in [2.05, 4.69) is 41.5 Å². The van der Waals surface area contributed by atoms with E-state index in [-0.39, 0.29) is 0 Å². The van der Waals surface area contributed by atoms with Crippen molar-refractivity contribution in [2.75, 3.05) is 0 Å². The molecular weight excluding hydrogens is 204 g/mol. The lowest BCUT2D eigenvalue weighted by molar-refractivity contribution is 0.207. The van der Waals surface area contributed by atoms with Crippen LogP contribution in [0.1, 0.15) is 80.1 Å². The van der Waals surface area contributed by atoms with E-state index < -0.39 is 0 Å². The van der Waals surface area contributed by atoms with Gasteiger partial charge in [-0.05, 0) is 48.3 Å². The van der Waals surface area contributed by atoms with Crippen LogP contribution in [-0.4, -0.2) is 0 Å². The van der Waals surface area contributed by atoms with Gasteiger partial charge in [0, 0.05) is 0 Å². The Morgan fingerprint density at radius 1 is 1.12 bits per heavy atom. The summed E-state index contributed by atoms with van der Waals surface area (Å²) in [6, 6.07) is 0. The lowest BCUT2D eigenvalue weighted by atomic mass is 9.76. The molecule has 0 bridgehead atoms. The van der Waals surface area contributed by atoms with Gasteiger partial charge in [-0.2, -0.15) is 0 Å². The van der Waals surface area contributed by atoms with Crippen molar-refractivity contribution >= 4 is 0 Å². The van der Waals surface area contributed by atoms with Crippen LogP contribution in [0.25, 0.3) is 0 Å². The topological polar surface area (TPSA) is 0 Å². The summed E-state index contributed by atoms with van der Waals surface area (Å²) in [5, 5.41) is 0. The summed E-state index contributed by atoms with van der Waals surface area (Å²) < 4.78 is 0. The van der Waals surface area contributed by atoms with Gasteiger partial charge in [0.2, 0.25) is 0 Å². The highest BCUT2D eigenvalue weighted by atomic mass is 14.5. The first-order chi connectivity index (χ1) is 7.94. The van der Waals surface area contributed by atoms with Crippen LogP contribution in [0.3, 0.4) is 0 Å². The van der Waals surface area contributed by atoms with Gasteiger partial charge in [-0.1, -0.05) is 60.8 Å². The van der Waals surface area contributed by atoms with E-state index in [0.717, 1.165) is 23.7 Å². The zero-order valence-electron chi connectivity index (χ0n) is 13.1. The highest BCUT2D eigenvalue weighted by molar-refractivity contribution is 4.96. The fourth-order valence-corrected chi connectivity index (χ4v) is 3.53. The van der Waals surface area contributed by atoms with Crippen molar-refractivity contribution in [3.63, 3.8) is 0 Å². The lowest BCUT2D eigenvalue weighted by Crippen LogP contribution is -2.20. The Balaban J connectivity index is 2.39. The highest BCUT2D eigenvalue weighted by Crippen LogP contribution is 2.55. The minimum atomic E-state index is 0.709. The highest BCUT2D eigenvalue weighted by Gasteiger charge is 2.45. The number of hydrogen-bond donors (Lipinski definition) is 0. The molecule has 1 saturated carbocycles. The molecule has 0 spiro atoms. The summed E-state index contributed by atoms with van der Waals surface area (Å²) in [5.74, 6) is 3.79. The van der Waals surface area contributed by atoms with Crippen LogP contribution < -0.4 is 0 Å². The molecule has 1 fully saturated rings. The Bertz CT molecular complexity index is 220. The summed E-state index contributed by atoms with van der Waals surface area (Å²) in [5.41, 5.74) is 0.709. The minimum Gasteiger partial charge on any atom is -0.0654 e. The van der Waals surface area contributed by atoms with Gasteiger partial charge in [0.15, 0.2) is 0 Å². The Kier molecular flexibility index (Phi) is 5.54. The van der Waals surface area contributed by atoms with Crippen molar-refractivity contribution in [2.24, 2.45) is 29.1 Å². The molecule has 0 heteroatoms. The van der Waals surface area contributed by atoms with Crippen molar-refractivity contribution in [3.05, 3.63) is 0 Å². The summed E-state index contributed by atoms with van der Waals surface area (Å²) in [4.78, 5) is 0. The molecule has 0 amide bonds. The van der Waals surface area contributed by atoms with Gasteiger partial charge in [0.1, 0.15) is 0 Å². The number of hydrogen-bond acceptors (Lipinski definition) is 0. The molecule has 102 valence electrons. The van der Waals surface area contributed by atoms with E-state index in [1.807, 2.05) is 0 Å². The van der Waals surface area contributed by atoms with Gasteiger partial charge in [-0.3, -0.25) is 0 Å². The Labute approximate surface area is 110 Å². The van der Waals surface area contributed by atoms with Gasteiger partial charge < -0.3 is 0 Å². The third-order valence-corrected chi connectivity index (χ3v) is 5.70. The second-order valence-electron chi connectivity index (χ2n) is 7.11. The first-order valence-electron chi connectivity index (χ1n) is 7.94. The predicted molar refractivity (Wildman–Crippen MR) is 78.1 cm³/mol. The predicted octanol–water partition coefficient (Wildman–Crippen LogP) is 5.91. The second kappa shape index (κ2) is 6.25. The van der Waals surface area contributed by atoms with Crippen molar-refractivity contribution in [2.45, 2.75) is 80.1 Å². The normalized spacial score (nSPS) is 33.2. The third kappa shape index (κ3) is 4.00. The van der Waals surface area contributed by atoms with Gasteiger partial charge in [-0.25, -0.2) is 0 Å². The quantitative estimate of drug-likeness (QED) is 0.493. The van der Waals surface area contributed by atoms with Crippen LogP contribution in [-0.2, 0) is 0 Å². The maximum absolute atomic E-state index is 2.50. The minimum absolute atomic E-state index is 0.709. The molecule has 0 radical (unpaired) electrons. The standard InChI is InChI=1S/C17H34/c1-7-9-16(13(3)8-2)14(4)10-11-17(6)12-15(17)5/h13-16H,7-12H2,1-6H3. The monoisotopic (exact) mass is 238 g/mol. The smallest absolute Gasteiger partial charge is 0.0297 e. The third-order valence-electron chi connectivity index (χ3n) is 5.70. The van der Waals surface area contributed by atoms with Crippen molar-refractivity contribution in [1.29, 1.82) is 0 Å². The first-order valence-corrected chi connectivity index (χ1v) is 7.94. The fraction of sp³-hybridized carbons (Fsp3) is 1.00. The largest absolute Gasteiger partial charge is 0.0654 e. The summed E-state index contributed by atoms with van der Waals surface area (Å²) in [6.45, 7) is 14.6. The molecule has 0 aliphatic heterocycles. The average Bonchev–Trinajstić information content (AvgIpc) is 2.90. The van der Waals surface area contributed by atoms with E-state index in [1.165, 1.54) is 38.5 Å². The number of rotatable bonds is 8. The molecule has 1 rings (SSSR count). The zero-order valence-corrected chi connectivity index (χ0v) is 13.1. The van der Waals surface area contributed by atoms with E-state index in [1.54, 1.807) is 0 Å². The molecular formula is C17H34. The van der Waals surface area contributed by atoms with Crippen LogP contribution in [0.2, 0.25) is 0 Å². The molecule has 1 aliphatic carbocycles. The Morgan fingerprint density at radius 3 is 2.12 bits per heavy atom. The summed E-state index contributed by atoms with van der Waals surface area (Å²) in [6.07, 6.45) is 8.53. The van der Waals surface area contributed by atoms with Crippen molar-refractivity contribution in [3.8, 4) is 0 Å². The van der Waals surface area contributed by atoms with Crippen LogP contribution >= 0.6 is 0 Å². The molecule has 0 nitrogen and oxygen atoms in total. The molecule has 0 aromatic heterocycles. The van der Waals surface area contributed by atoms with Crippen LogP contribution in [0.15, 0.2) is 0 Å². The van der Waals surface area contributed by atoms with Crippen LogP contribution in [0.5, 0.6) is 0 Å². The second-order valence-corrected chi connectivity index (χ2v) is 7.11. The van der Waals surface area contributed by atoms with E-state index in [0.29, 0.717) is 5.41 Å². The molecule has 17 heavy (non-hydrogen) atoms. The van der Waals surface area contributed by atoms with Crippen molar-refractivity contribution < 1.29 is 0 Å². The average molecular weight is 238 g/mol. The molecule has 5 unspecified atom stereocenters. The van der Waals surface area contributed by atoms with Crippen molar-refractivity contribution in [1.82, 2.24) is 0 Å². The molecule has 0 aromatic carbocycles. The maximum atomic E-state index is 2.50. The van der Waals surface area contributed by atoms with Crippen LogP contribution in [0.4, 0.5) is 0 Å². The van der Waals surface area contributed by atoms with Gasteiger partial charge in [0.25, 0.3) is 0 Å². The summed E-state index contributed by atoms with van der Waals surface area (Å²) >= 11 is 0. The molecule has 5 atom stereocenters.